The summed E-state index contributed by atoms with van der Waals surface area (Å²) in [5, 5.41) is 2.55. The molecule has 0 bridgehead atoms. The van der Waals surface area contributed by atoms with E-state index in [1.807, 2.05) is 0 Å². The first-order valence-corrected chi connectivity index (χ1v) is 8.31. The molecule has 7 nitrogen and oxygen atoms in total. The average molecular weight is 407 g/mol. The molecule has 1 amide bonds. The minimum Gasteiger partial charge on any atom is -0.493 e. The highest BCUT2D eigenvalue weighted by Crippen LogP contribution is 2.31. The Hall–Kier alpha value is -3.56. The van der Waals surface area contributed by atoms with Crippen molar-refractivity contribution < 1.29 is 27.4 Å². The van der Waals surface area contributed by atoms with Crippen molar-refractivity contribution in [2.24, 2.45) is 0 Å². The Balaban J connectivity index is 1.85. The molecule has 3 rings (SSSR count). The minimum absolute atomic E-state index is 0.0296. The number of aromatic nitrogens is 2. The molecule has 152 valence electrons. The Kier molecular flexibility index (Phi) is 5.44. The van der Waals surface area contributed by atoms with E-state index in [-0.39, 0.29) is 11.1 Å². The predicted octanol–water partition coefficient (Wildman–Crippen LogP) is 3.07. The van der Waals surface area contributed by atoms with Crippen molar-refractivity contribution >= 4 is 22.5 Å². The zero-order valence-corrected chi connectivity index (χ0v) is 15.4. The van der Waals surface area contributed by atoms with Crippen LogP contribution in [0.2, 0.25) is 0 Å². The number of nitrogens with zero attached hydrogens (tertiary/aromatic N) is 2. The van der Waals surface area contributed by atoms with E-state index in [0.717, 1.165) is 16.7 Å². The molecule has 1 heterocycles. The van der Waals surface area contributed by atoms with Crippen molar-refractivity contribution in [2.75, 3.05) is 19.5 Å². The molecule has 0 aliphatic carbocycles. The van der Waals surface area contributed by atoms with Gasteiger partial charge in [-0.1, -0.05) is 6.07 Å². The van der Waals surface area contributed by atoms with E-state index in [9.17, 15) is 22.8 Å². The highest BCUT2D eigenvalue weighted by molar-refractivity contribution is 5.91. The van der Waals surface area contributed by atoms with Crippen molar-refractivity contribution in [3.63, 3.8) is 0 Å². The quantitative estimate of drug-likeness (QED) is 0.703. The summed E-state index contributed by atoms with van der Waals surface area (Å²) >= 11 is 0. The predicted molar refractivity (Wildman–Crippen MR) is 99.2 cm³/mol. The van der Waals surface area contributed by atoms with Gasteiger partial charge in [0, 0.05) is 11.8 Å². The summed E-state index contributed by atoms with van der Waals surface area (Å²) in [5.74, 6) is 0.0463. The third-order valence-corrected chi connectivity index (χ3v) is 4.12. The summed E-state index contributed by atoms with van der Waals surface area (Å²) in [4.78, 5) is 29.0. The summed E-state index contributed by atoms with van der Waals surface area (Å²) in [5.41, 5.74) is -1.07. The monoisotopic (exact) mass is 407 g/mol. The average Bonchev–Trinajstić information content (AvgIpc) is 2.68. The molecule has 0 spiro atoms. The van der Waals surface area contributed by atoms with Crippen LogP contribution in [0.5, 0.6) is 11.5 Å². The highest BCUT2D eigenvalue weighted by atomic mass is 19.4. The summed E-state index contributed by atoms with van der Waals surface area (Å²) < 4.78 is 49.7. The zero-order chi connectivity index (χ0) is 21.2. The molecule has 2 aromatic carbocycles. The molecule has 0 saturated heterocycles. The lowest BCUT2D eigenvalue weighted by Crippen LogP contribution is -2.28. The van der Waals surface area contributed by atoms with E-state index in [1.54, 1.807) is 0 Å². The Morgan fingerprint density at radius 1 is 1.14 bits per heavy atom. The van der Waals surface area contributed by atoms with Gasteiger partial charge in [0.2, 0.25) is 5.91 Å². The van der Waals surface area contributed by atoms with Crippen LogP contribution < -0.4 is 20.3 Å². The van der Waals surface area contributed by atoms with Gasteiger partial charge in [0.15, 0.2) is 11.5 Å². The van der Waals surface area contributed by atoms with Crippen LogP contribution in [0.1, 0.15) is 5.56 Å². The van der Waals surface area contributed by atoms with Crippen molar-refractivity contribution in [3.05, 3.63) is 58.6 Å². The van der Waals surface area contributed by atoms with Gasteiger partial charge in [-0.3, -0.25) is 14.2 Å². The van der Waals surface area contributed by atoms with Crippen molar-refractivity contribution in [1.82, 2.24) is 9.55 Å². The van der Waals surface area contributed by atoms with Crippen LogP contribution in [0.15, 0.2) is 47.5 Å². The van der Waals surface area contributed by atoms with Crippen LogP contribution in [0.3, 0.4) is 0 Å². The fraction of sp³-hybridized carbons (Fsp3) is 0.211. The van der Waals surface area contributed by atoms with Gasteiger partial charge in [-0.2, -0.15) is 13.2 Å². The highest BCUT2D eigenvalue weighted by Gasteiger charge is 2.30. The first-order valence-electron chi connectivity index (χ1n) is 8.31. The molecule has 0 saturated carbocycles. The van der Waals surface area contributed by atoms with Crippen molar-refractivity contribution in [3.8, 4) is 11.5 Å². The van der Waals surface area contributed by atoms with E-state index in [4.69, 9.17) is 9.47 Å². The number of hydrogen-bond donors (Lipinski definition) is 1. The fourth-order valence-corrected chi connectivity index (χ4v) is 2.73. The lowest BCUT2D eigenvalue weighted by atomic mass is 10.2. The molecule has 0 aliphatic rings. The van der Waals surface area contributed by atoms with Crippen LogP contribution >= 0.6 is 0 Å². The fourth-order valence-electron chi connectivity index (χ4n) is 2.73. The first kappa shape index (κ1) is 20.2. The largest absolute Gasteiger partial charge is 0.493 e. The second-order valence-electron chi connectivity index (χ2n) is 6.03. The zero-order valence-electron chi connectivity index (χ0n) is 15.4. The molecule has 10 heteroatoms. The maximum absolute atomic E-state index is 12.8. The molecular formula is C19H16F3N3O4. The number of ether oxygens (including phenoxy) is 2. The van der Waals surface area contributed by atoms with E-state index in [1.165, 1.54) is 44.8 Å². The number of methoxy groups -OCH3 is 2. The van der Waals surface area contributed by atoms with Crippen LogP contribution in [-0.2, 0) is 17.5 Å². The van der Waals surface area contributed by atoms with Crippen molar-refractivity contribution in [2.45, 2.75) is 12.7 Å². The number of benzene rings is 2. The number of alkyl halides is 3. The van der Waals surface area contributed by atoms with E-state index in [0.29, 0.717) is 17.0 Å². The molecule has 0 aliphatic heterocycles. The minimum atomic E-state index is -4.53. The number of anilines is 1. The number of rotatable bonds is 5. The second kappa shape index (κ2) is 7.82. The molecule has 0 fully saturated rings. The van der Waals surface area contributed by atoms with E-state index < -0.39 is 29.8 Å². The maximum atomic E-state index is 12.8. The number of carbonyl (C=O) groups excluding carboxylic acids is 1. The molecule has 1 N–H and O–H groups in total. The lowest BCUT2D eigenvalue weighted by molar-refractivity contribution is -0.137. The normalized spacial score (nSPS) is 11.3. The van der Waals surface area contributed by atoms with Crippen LogP contribution in [0.25, 0.3) is 10.9 Å². The van der Waals surface area contributed by atoms with Gasteiger partial charge >= 0.3 is 6.18 Å². The molecular weight excluding hydrogens is 391 g/mol. The Morgan fingerprint density at radius 3 is 2.48 bits per heavy atom. The number of nitrogens with one attached hydrogen (secondary N) is 1. The Morgan fingerprint density at radius 2 is 1.83 bits per heavy atom. The third-order valence-electron chi connectivity index (χ3n) is 4.12. The third kappa shape index (κ3) is 4.31. The number of hydrogen-bond acceptors (Lipinski definition) is 5. The number of carbonyl (C=O) groups is 1. The molecule has 0 radical (unpaired) electrons. The van der Waals surface area contributed by atoms with Gasteiger partial charge in [0.25, 0.3) is 5.56 Å². The van der Waals surface area contributed by atoms with Gasteiger partial charge in [-0.15, -0.1) is 0 Å². The van der Waals surface area contributed by atoms with Gasteiger partial charge < -0.3 is 14.8 Å². The van der Waals surface area contributed by atoms with Gasteiger partial charge in [0.05, 0.1) is 37.0 Å². The molecule has 0 atom stereocenters. The standard InChI is InChI=1S/C19H16F3N3O4/c1-28-15-7-13-14(8-16(15)29-2)23-10-25(18(13)27)9-17(26)24-12-5-3-4-11(6-12)19(20,21)22/h3-8,10H,9H2,1-2H3,(H,24,26). The lowest BCUT2D eigenvalue weighted by Gasteiger charge is -2.12. The maximum Gasteiger partial charge on any atom is 0.416 e. The van der Waals surface area contributed by atoms with Gasteiger partial charge in [-0.25, -0.2) is 4.98 Å². The summed E-state index contributed by atoms with van der Waals surface area (Å²) in [7, 11) is 2.87. The van der Waals surface area contributed by atoms with E-state index >= 15 is 0 Å². The number of halogens is 3. The molecule has 3 aromatic rings. The molecule has 0 unspecified atom stereocenters. The number of amides is 1. The second-order valence-corrected chi connectivity index (χ2v) is 6.03. The Bertz CT molecular complexity index is 1130. The van der Waals surface area contributed by atoms with Crippen LogP contribution in [0.4, 0.5) is 18.9 Å². The smallest absolute Gasteiger partial charge is 0.416 e. The summed E-state index contributed by atoms with van der Waals surface area (Å²) in [6.45, 7) is -0.424. The van der Waals surface area contributed by atoms with Crippen LogP contribution in [0, 0.1) is 0 Å². The SMILES string of the molecule is COc1cc2ncn(CC(=O)Nc3cccc(C(F)(F)F)c3)c(=O)c2cc1OC. The van der Waals surface area contributed by atoms with Gasteiger partial charge in [0.1, 0.15) is 6.54 Å². The Labute approximate surface area is 162 Å². The number of fused-ring (bicyclic) bond motifs is 1. The van der Waals surface area contributed by atoms with Gasteiger partial charge in [-0.05, 0) is 24.3 Å². The summed E-state index contributed by atoms with van der Waals surface area (Å²) in [6.07, 6.45) is -3.34. The topological polar surface area (TPSA) is 82.5 Å². The van der Waals surface area contributed by atoms with Crippen molar-refractivity contribution in [1.29, 1.82) is 0 Å². The molecule has 29 heavy (non-hydrogen) atoms. The first-order chi connectivity index (χ1) is 13.7. The van der Waals surface area contributed by atoms with Crippen LogP contribution in [-0.4, -0.2) is 29.7 Å². The van der Waals surface area contributed by atoms with E-state index in [2.05, 4.69) is 10.3 Å². The summed E-state index contributed by atoms with van der Waals surface area (Å²) in [6, 6.07) is 7.20. The molecule has 1 aromatic heterocycles.